The standard InChI is InChI=1S/C21H20FNO2/c1-25-17-8-4-14(5-9-17)18-10-15-12-23-21(24)20(15)11-19(18)13-2-6-16(22)7-3-13/h2-4,6-7,10-11,17H,5,8-9,12H2,1H3,(H,23,24). The van der Waals surface area contributed by atoms with Crippen molar-refractivity contribution in [1.82, 2.24) is 5.32 Å². The van der Waals surface area contributed by atoms with Gasteiger partial charge in [-0.25, -0.2) is 4.39 Å². The van der Waals surface area contributed by atoms with Gasteiger partial charge in [0, 0.05) is 19.2 Å². The Morgan fingerprint density at radius 3 is 2.60 bits per heavy atom. The molecule has 0 fully saturated rings. The molecule has 2 aliphatic rings. The molecule has 4 heteroatoms. The summed E-state index contributed by atoms with van der Waals surface area (Å²) in [7, 11) is 1.75. The molecule has 0 spiro atoms. The summed E-state index contributed by atoms with van der Waals surface area (Å²) in [5, 5.41) is 2.88. The lowest BCUT2D eigenvalue weighted by Gasteiger charge is -2.23. The van der Waals surface area contributed by atoms with Crippen molar-refractivity contribution in [3.63, 3.8) is 0 Å². The van der Waals surface area contributed by atoms with Gasteiger partial charge in [0.25, 0.3) is 5.91 Å². The fourth-order valence-corrected chi connectivity index (χ4v) is 3.68. The van der Waals surface area contributed by atoms with Crippen molar-refractivity contribution in [1.29, 1.82) is 0 Å². The van der Waals surface area contributed by atoms with E-state index in [2.05, 4.69) is 17.5 Å². The van der Waals surface area contributed by atoms with Crippen LogP contribution in [-0.4, -0.2) is 19.1 Å². The maximum absolute atomic E-state index is 13.3. The number of rotatable bonds is 3. The van der Waals surface area contributed by atoms with Gasteiger partial charge in [-0.3, -0.25) is 4.79 Å². The van der Waals surface area contributed by atoms with Gasteiger partial charge < -0.3 is 10.1 Å². The van der Waals surface area contributed by atoms with Gasteiger partial charge in [-0.05, 0) is 71.4 Å². The Labute approximate surface area is 146 Å². The Hall–Kier alpha value is -2.46. The average molecular weight is 337 g/mol. The molecular formula is C21H20FNO2. The Balaban J connectivity index is 1.83. The van der Waals surface area contributed by atoms with Crippen molar-refractivity contribution in [2.45, 2.75) is 31.9 Å². The first-order chi connectivity index (χ1) is 12.2. The largest absolute Gasteiger partial charge is 0.381 e. The topological polar surface area (TPSA) is 38.3 Å². The Morgan fingerprint density at radius 1 is 1.12 bits per heavy atom. The van der Waals surface area contributed by atoms with Crippen LogP contribution in [0.15, 0.2) is 42.5 Å². The number of ether oxygens (including phenoxy) is 1. The molecule has 0 radical (unpaired) electrons. The highest BCUT2D eigenvalue weighted by atomic mass is 19.1. The number of benzene rings is 2. The summed E-state index contributed by atoms with van der Waals surface area (Å²) in [6.07, 6.45) is 5.32. The first-order valence-corrected chi connectivity index (χ1v) is 8.59. The number of carbonyl (C=O) groups excluding carboxylic acids is 1. The van der Waals surface area contributed by atoms with Gasteiger partial charge in [-0.15, -0.1) is 0 Å². The molecule has 0 saturated heterocycles. The lowest BCUT2D eigenvalue weighted by Crippen LogP contribution is -2.13. The number of methoxy groups -OCH3 is 1. The second kappa shape index (κ2) is 6.45. The van der Waals surface area contributed by atoms with Gasteiger partial charge >= 0.3 is 0 Å². The van der Waals surface area contributed by atoms with E-state index in [9.17, 15) is 9.18 Å². The summed E-state index contributed by atoms with van der Waals surface area (Å²) in [6, 6.07) is 10.5. The SMILES string of the molecule is COC1CC=C(c2cc3c(cc2-c2ccc(F)cc2)C(=O)NC3)CC1. The van der Waals surface area contributed by atoms with Crippen molar-refractivity contribution < 1.29 is 13.9 Å². The van der Waals surface area contributed by atoms with Crippen molar-refractivity contribution in [2.24, 2.45) is 0 Å². The second-order valence-electron chi connectivity index (χ2n) is 6.61. The van der Waals surface area contributed by atoms with Crippen LogP contribution in [0.5, 0.6) is 0 Å². The van der Waals surface area contributed by atoms with Crippen LogP contribution < -0.4 is 5.32 Å². The molecule has 4 rings (SSSR count). The van der Waals surface area contributed by atoms with E-state index in [1.54, 1.807) is 19.2 Å². The van der Waals surface area contributed by atoms with Crippen LogP contribution in [-0.2, 0) is 11.3 Å². The van der Waals surface area contributed by atoms with Crippen molar-refractivity contribution in [3.05, 3.63) is 65.0 Å². The molecule has 2 aromatic carbocycles. The Bertz CT molecular complexity index is 855. The highest BCUT2D eigenvalue weighted by Crippen LogP contribution is 2.37. The minimum absolute atomic E-state index is 0.0398. The van der Waals surface area contributed by atoms with E-state index in [0.29, 0.717) is 12.1 Å². The lowest BCUT2D eigenvalue weighted by atomic mass is 9.85. The first kappa shape index (κ1) is 16.0. The number of allylic oxidation sites excluding steroid dienone is 1. The van der Waals surface area contributed by atoms with Gasteiger partial charge in [0.1, 0.15) is 5.82 Å². The molecular weight excluding hydrogens is 317 g/mol. The summed E-state index contributed by atoms with van der Waals surface area (Å²) in [4.78, 5) is 12.1. The molecule has 25 heavy (non-hydrogen) atoms. The average Bonchev–Trinajstić information content (AvgIpc) is 3.02. The Kier molecular flexibility index (Phi) is 4.14. The molecule has 1 unspecified atom stereocenters. The fraction of sp³-hybridized carbons (Fsp3) is 0.286. The third kappa shape index (κ3) is 2.98. The van der Waals surface area contributed by atoms with Crippen LogP contribution in [0.3, 0.4) is 0 Å². The summed E-state index contributed by atoms with van der Waals surface area (Å²) in [5.74, 6) is -0.300. The molecule has 1 aliphatic carbocycles. The van der Waals surface area contributed by atoms with Crippen LogP contribution in [0.1, 0.15) is 40.7 Å². The van der Waals surface area contributed by atoms with Gasteiger partial charge in [0.15, 0.2) is 0 Å². The van der Waals surface area contributed by atoms with E-state index in [1.165, 1.54) is 17.7 Å². The van der Waals surface area contributed by atoms with Crippen molar-refractivity contribution in [2.75, 3.05) is 7.11 Å². The van der Waals surface area contributed by atoms with Crippen LogP contribution in [0.2, 0.25) is 0 Å². The number of carbonyl (C=O) groups is 1. The maximum atomic E-state index is 13.3. The molecule has 2 aromatic rings. The minimum Gasteiger partial charge on any atom is -0.381 e. The molecule has 1 aliphatic heterocycles. The van der Waals surface area contributed by atoms with E-state index in [1.807, 2.05) is 6.07 Å². The number of hydrogen-bond acceptors (Lipinski definition) is 2. The third-order valence-corrected chi connectivity index (χ3v) is 5.12. The second-order valence-corrected chi connectivity index (χ2v) is 6.61. The molecule has 1 amide bonds. The van der Waals surface area contributed by atoms with Crippen LogP contribution in [0.4, 0.5) is 4.39 Å². The van der Waals surface area contributed by atoms with Crippen molar-refractivity contribution >= 4 is 11.5 Å². The van der Waals surface area contributed by atoms with E-state index in [0.717, 1.165) is 41.5 Å². The monoisotopic (exact) mass is 337 g/mol. The van der Waals surface area contributed by atoms with E-state index < -0.39 is 0 Å². The smallest absolute Gasteiger partial charge is 0.251 e. The zero-order valence-electron chi connectivity index (χ0n) is 14.1. The van der Waals surface area contributed by atoms with Crippen LogP contribution >= 0.6 is 0 Å². The van der Waals surface area contributed by atoms with Gasteiger partial charge in [-0.1, -0.05) is 18.2 Å². The molecule has 0 aromatic heterocycles. The summed E-state index contributed by atoms with van der Waals surface area (Å²) in [6.45, 7) is 0.568. The number of halogens is 1. The predicted octanol–water partition coefficient (Wildman–Crippen LogP) is 4.32. The zero-order chi connectivity index (χ0) is 17.4. The predicted molar refractivity (Wildman–Crippen MR) is 95.6 cm³/mol. The van der Waals surface area contributed by atoms with Gasteiger partial charge in [0.05, 0.1) is 6.10 Å². The normalized spacial score (nSPS) is 19.4. The molecule has 128 valence electrons. The van der Waals surface area contributed by atoms with E-state index in [4.69, 9.17) is 4.74 Å². The molecule has 1 atom stereocenters. The highest BCUT2D eigenvalue weighted by Gasteiger charge is 2.24. The minimum atomic E-state index is -0.260. The lowest BCUT2D eigenvalue weighted by molar-refractivity contribution is 0.0962. The molecule has 0 bridgehead atoms. The van der Waals surface area contributed by atoms with E-state index >= 15 is 0 Å². The molecule has 1 N–H and O–H groups in total. The first-order valence-electron chi connectivity index (χ1n) is 8.59. The highest BCUT2D eigenvalue weighted by molar-refractivity contribution is 6.01. The Morgan fingerprint density at radius 2 is 1.92 bits per heavy atom. The van der Waals surface area contributed by atoms with Gasteiger partial charge in [0.2, 0.25) is 0 Å². The van der Waals surface area contributed by atoms with Crippen molar-refractivity contribution in [3.8, 4) is 11.1 Å². The maximum Gasteiger partial charge on any atom is 0.251 e. The number of amides is 1. The number of nitrogens with one attached hydrogen (secondary N) is 1. The zero-order valence-corrected chi connectivity index (χ0v) is 14.1. The summed E-state index contributed by atoms with van der Waals surface area (Å²) < 4.78 is 18.8. The quantitative estimate of drug-likeness (QED) is 0.906. The molecule has 3 nitrogen and oxygen atoms in total. The van der Waals surface area contributed by atoms with E-state index in [-0.39, 0.29) is 17.8 Å². The van der Waals surface area contributed by atoms with Gasteiger partial charge in [-0.2, -0.15) is 0 Å². The summed E-state index contributed by atoms with van der Waals surface area (Å²) in [5.41, 5.74) is 6.06. The number of hydrogen-bond donors (Lipinski definition) is 1. The van der Waals surface area contributed by atoms with Crippen LogP contribution in [0, 0.1) is 5.82 Å². The number of fused-ring (bicyclic) bond motifs is 1. The summed E-state index contributed by atoms with van der Waals surface area (Å²) >= 11 is 0. The third-order valence-electron chi connectivity index (χ3n) is 5.12. The molecule has 1 heterocycles. The molecule has 0 saturated carbocycles. The fourth-order valence-electron chi connectivity index (χ4n) is 3.68. The van der Waals surface area contributed by atoms with Crippen LogP contribution in [0.25, 0.3) is 16.7 Å².